The van der Waals surface area contributed by atoms with E-state index in [1.54, 1.807) is 30.3 Å². The molecule has 0 unspecified atom stereocenters. The second-order valence-corrected chi connectivity index (χ2v) is 6.23. The van der Waals surface area contributed by atoms with E-state index in [0.717, 1.165) is 0 Å². The highest BCUT2D eigenvalue weighted by Gasteiger charge is 2.12. The number of halogens is 2. The van der Waals surface area contributed by atoms with Crippen LogP contribution in [0.5, 0.6) is 17.2 Å². The summed E-state index contributed by atoms with van der Waals surface area (Å²) in [5, 5.41) is 0.538. The Labute approximate surface area is 163 Å². The molecular weight excluding hydrogens is 428 g/mol. The fourth-order valence-corrected chi connectivity index (χ4v) is 2.74. The summed E-state index contributed by atoms with van der Waals surface area (Å²) in [6.45, 7) is -0.285. The van der Waals surface area contributed by atoms with Crippen LogP contribution in [-0.4, -0.2) is 32.6 Å². The largest absolute Gasteiger partial charge is 0.493 e. The Hall–Kier alpha value is -2.45. The van der Waals surface area contributed by atoms with Crippen molar-refractivity contribution in [2.45, 2.75) is 0 Å². The Kier molecular flexibility index (Phi) is 7.11. The molecule has 138 valence electrons. The number of benzene rings is 2. The highest BCUT2D eigenvalue weighted by Crippen LogP contribution is 2.28. The maximum atomic E-state index is 12.1. The fourth-order valence-electron chi connectivity index (χ4n) is 1.95. The van der Waals surface area contributed by atoms with Gasteiger partial charge in [0.25, 0.3) is 11.8 Å². The predicted octanol–water partition coefficient (Wildman–Crippen LogP) is 2.96. The van der Waals surface area contributed by atoms with Crippen molar-refractivity contribution < 1.29 is 23.8 Å². The Bertz CT molecular complexity index is 816. The van der Waals surface area contributed by atoms with Gasteiger partial charge in [-0.05, 0) is 52.3 Å². The molecule has 0 fully saturated rings. The number of carbonyl (C=O) groups is 2. The van der Waals surface area contributed by atoms with E-state index in [4.69, 9.17) is 25.8 Å². The maximum Gasteiger partial charge on any atom is 0.276 e. The molecule has 0 aliphatic heterocycles. The first-order valence-corrected chi connectivity index (χ1v) is 8.50. The third kappa shape index (κ3) is 5.27. The van der Waals surface area contributed by atoms with Crippen LogP contribution in [0, 0.1) is 0 Å². The number of ether oxygens (including phenoxy) is 3. The number of hydrogen-bond acceptors (Lipinski definition) is 5. The van der Waals surface area contributed by atoms with Crippen LogP contribution in [0.25, 0.3) is 0 Å². The SMILES string of the molecule is COc1ccc(C(=O)NNC(=O)COc2ccc(Cl)cc2Br)cc1OC. The number of rotatable bonds is 6. The van der Waals surface area contributed by atoms with Crippen molar-refractivity contribution in [1.29, 1.82) is 0 Å². The average Bonchev–Trinajstić information content (AvgIpc) is 2.64. The second-order valence-electron chi connectivity index (χ2n) is 4.94. The normalized spacial score (nSPS) is 10.0. The Morgan fingerprint density at radius 3 is 2.35 bits per heavy atom. The lowest BCUT2D eigenvalue weighted by Crippen LogP contribution is -2.43. The Morgan fingerprint density at radius 2 is 1.69 bits per heavy atom. The summed E-state index contributed by atoms with van der Waals surface area (Å²) < 4.78 is 16.2. The van der Waals surface area contributed by atoms with Gasteiger partial charge >= 0.3 is 0 Å². The molecule has 0 spiro atoms. The summed E-state index contributed by atoms with van der Waals surface area (Å²) in [7, 11) is 2.96. The molecule has 0 aromatic heterocycles. The third-order valence-electron chi connectivity index (χ3n) is 3.21. The fraction of sp³-hybridized carbons (Fsp3) is 0.176. The zero-order chi connectivity index (χ0) is 19.1. The van der Waals surface area contributed by atoms with Gasteiger partial charge in [-0.1, -0.05) is 11.6 Å². The molecule has 2 N–H and O–H groups in total. The predicted molar refractivity (Wildman–Crippen MR) is 99.8 cm³/mol. The molecule has 0 bridgehead atoms. The molecular formula is C17H16BrClN2O5. The standard InChI is InChI=1S/C17H16BrClN2O5/c1-24-14-5-3-10(7-15(14)25-2)17(23)21-20-16(22)9-26-13-6-4-11(19)8-12(13)18/h3-8H,9H2,1-2H3,(H,20,22)(H,21,23). The van der Waals surface area contributed by atoms with E-state index < -0.39 is 11.8 Å². The number of hydrogen-bond donors (Lipinski definition) is 2. The van der Waals surface area contributed by atoms with Gasteiger partial charge in [-0.25, -0.2) is 0 Å². The molecule has 7 nitrogen and oxygen atoms in total. The molecule has 2 aromatic rings. The number of amides is 2. The quantitative estimate of drug-likeness (QED) is 0.671. The summed E-state index contributed by atoms with van der Waals surface area (Å²) in [6, 6.07) is 9.55. The molecule has 0 radical (unpaired) electrons. The van der Waals surface area contributed by atoms with Crippen LogP contribution in [0.2, 0.25) is 5.02 Å². The van der Waals surface area contributed by atoms with Gasteiger partial charge in [-0.3, -0.25) is 20.4 Å². The highest BCUT2D eigenvalue weighted by atomic mass is 79.9. The van der Waals surface area contributed by atoms with Crippen LogP contribution in [-0.2, 0) is 4.79 Å². The molecule has 9 heteroatoms. The van der Waals surface area contributed by atoms with Gasteiger partial charge in [0.2, 0.25) is 0 Å². The van der Waals surface area contributed by atoms with E-state index in [1.165, 1.54) is 20.3 Å². The van der Waals surface area contributed by atoms with E-state index >= 15 is 0 Å². The van der Waals surface area contributed by atoms with E-state index in [2.05, 4.69) is 26.8 Å². The highest BCUT2D eigenvalue weighted by molar-refractivity contribution is 9.10. The van der Waals surface area contributed by atoms with Gasteiger partial charge in [0.1, 0.15) is 5.75 Å². The van der Waals surface area contributed by atoms with Gasteiger partial charge in [-0.2, -0.15) is 0 Å². The molecule has 26 heavy (non-hydrogen) atoms. The minimum absolute atomic E-state index is 0.285. The number of hydrazine groups is 1. The van der Waals surface area contributed by atoms with Crippen LogP contribution >= 0.6 is 27.5 Å². The van der Waals surface area contributed by atoms with Gasteiger partial charge in [0.05, 0.1) is 18.7 Å². The number of nitrogens with one attached hydrogen (secondary N) is 2. The minimum atomic E-state index is -0.527. The van der Waals surface area contributed by atoms with Crippen molar-refractivity contribution in [2.24, 2.45) is 0 Å². The summed E-state index contributed by atoms with van der Waals surface area (Å²) in [5.74, 6) is 0.320. The monoisotopic (exact) mass is 442 g/mol. The smallest absolute Gasteiger partial charge is 0.276 e. The summed E-state index contributed by atoms with van der Waals surface area (Å²) in [5.41, 5.74) is 4.87. The van der Waals surface area contributed by atoms with Crippen molar-refractivity contribution in [2.75, 3.05) is 20.8 Å². The molecule has 0 heterocycles. The lowest BCUT2D eigenvalue weighted by atomic mass is 10.2. The van der Waals surface area contributed by atoms with E-state index in [-0.39, 0.29) is 6.61 Å². The van der Waals surface area contributed by atoms with E-state index in [1.807, 2.05) is 0 Å². The van der Waals surface area contributed by atoms with E-state index in [0.29, 0.717) is 32.3 Å². The second kappa shape index (κ2) is 9.30. The van der Waals surface area contributed by atoms with Gasteiger partial charge in [0, 0.05) is 10.6 Å². The molecule has 0 saturated heterocycles. The molecule has 0 saturated carbocycles. The maximum absolute atomic E-state index is 12.1. The first-order chi connectivity index (χ1) is 12.4. The topological polar surface area (TPSA) is 85.9 Å². The third-order valence-corrected chi connectivity index (χ3v) is 4.07. The lowest BCUT2D eigenvalue weighted by Gasteiger charge is -2.11. The first kappa shape index (κ1) is 19.9. The zero-order valence-corrected chi connectivity index (χ0v) is 16.3. The summed E-state index contributed by atoms with van der Waals surface area (Å²) >= 11 is 9.12. The molecule has 0 atom stereocenters. The number of methoxy groups -OCH3 is 2. The molecule has 2 amide bonds. The van der Waals surface area contributed by atoms with Gasteiger partial charge in [-0.15, -0.1) is 0 Å². The van der Waals surface area contributed by atoms with Crippen LogP contribution in [0.4, 0.5) is 0 Å². The lowest BCUT2D eigenvalue weighted by molar-refractivity contribution is -0.123. The zero-order valence-electron chi connectivity index (χ0n) is 14.0. The van der Waals surface area contributed by atoms with Crippen molar-refractivity contribution in [3.05, 3.63) is 51.5 Å². The van der Waals surface area contributed by atoms with Crippen LogP contribution in [0.1, 0.15) is 10.4 Å². The van der Waals surface area contributed by atoms with Crippen LogP contribution in [0.15, 0.2) is 40.9 Å². The van der Waals surface area contributed by atoms with Gasteiger partial charge in [0.15, 0.2) is 18.1 Å². The van der Waals surface area contributed by atoms with Crippen LogP contribution in [0.3, 0.4) is 0 Å². The van der Waals surface area contributed by atoms with Gasteiger partial charge < -0.3 is 14.2 Å². The van der Waals surface area contributed by atoms with Crippen molar-refractivity contribution in [3.8, 4) is 17.2 Å². The molecule has 2 rings (SSSR count). The van der Waals surface area contributed by atoms with Crippen molar-refractivity contribution >= 4 is 39.3 Å². The number of carbonyl (C=O) groups excluding carboxylic acids is 2. The van der Waals surface area contributed by atoms with Crippen molar-refractivity contribution in [3.63, 3.8) is 0 Å². The minimum Gasteiger partial charge on any atom is -0.493 e. The summed E-state index contributed by atoms with van der Waals surface area (Å²) in [4.78, 5) is 23.9. The average molecular weight is 444 g/mol. The first-order valence-electron chi connectivity index (χ1n) is 7.33. The van der Waals surface area contributed by atoms with Crippen LogP contribution < -0.4 is 25.1 Å². The summed E-state index contributed by atoms with van der Waals surface area (Å²) in [6.07, 6.45) is 0. The molecule has 0 aliphatic carbocycles. The van der Waals surface area contributed by atoms with E-state index in [9.17, 15) is 9.59 Å². The molecule has 0 aliphatic rings. The Morgan fingerprint density at radius 1 is 1.00 bits per heavy atom. The Balaban J connectivity index is 1.87. The molecule has 2 aromatic carbocycles. The van der Waals surface area contributed by atoms with Crippen molar-refractivity contribution in [1.82, 2.24) is 10.9 Å².